The van der Waals surface area contributed by atoms with Crippen LogP contribution in [0.15, 0.2) is 36.4 Å². The Hall–Kier alpha value is -2.76. The first-order chi connectivity index (χ1) is 11.1. The highest BCUT2D eigenvalue weighted by Gasteiger charge is 2.14. The summed E-state index contributed by atoms with van der Waals surface area (Å²) < 4.78 is 10.6. The van der Waals surface area contributed by atoms with E-state index in [2.05, 4.69) is 10.3 Å². The van der Waals surface area contributed by atoms with Gasteiger partial charge in [-0.3, -0.25) is 0 Å². The van der Waals surface area contributed by atoms with Crippen LogP contribution >= 0.6 is 0 Å². The molecule has 0 spiro atoms. The summed E-state index contributed by atoms with van der Waals surface area (Å²) in [5.74, 6) is 0.786. The molecule has 2 aromatic rings. The molecule has 2 rings (SSSR count). The first-order valence-electron chi connectivity index (χ1n) is 7.27. The molecule has 0 aliphatic carbocycles. The topological polar surface area (TPSA) is 80.7 Å². The minimum Gasteiger partial charge on any atom is -0.493 e. The number of nitrogens with one attached hydrogen (secondary N) is 1. The number of pyridine rings is 1. The van der Waals surface area contributed by atoms with Crippen molar-refractivity contribution in [3.8, 4) is 11.5 Å². The minimum absolute atomic E-state index is 0.0113. The van der Waals surface area contributed by atoms with Gasteiger partial charge in [-0.15, -0.1) is 0 Å². The molecule has 6 nitrogen and oxygen atoms in total. The highest BCUT2D eigenvalue weighted by atomic mass is 16.5. The quantitative estimate of drug-likeness (QED) is 0.815. The third-order valence-corrected chi connectivity index (χ3v) is 3.51. The zero-order chi connectivity index (χ0) is 16.8. The van der Waals surface area contributed by atoms with Crippen LogP contribution in [0.3, 0.4) is 0 Å². The predicted molar refractivity (Wildman–Crippen MR) is 87.4 cm³/mol. The highest BCUT2D eigenvalue weighted by Crippen LogP contribution is 2.32. The molecule has 1 heterocycles. The van der Waals surface area contributed by atoms with Crippen molar-refractivity contribution in [1.82, 2.24) is 4.98 Å². The van der Waals surface area contributed by atoms with E-state index in [0.29, 0.717) is 17.3 Å². The van der Waals surface area contributed by atoms with Gasteiger partial charge in [0.2, 0.25) is 0 Å². The number of carboxylic acid groups (broad SMARTS) is 1. The lowest BCUT2D eigenvalue weighted by molar-refractivity contribution is 0.0690. The second-order valence-corrected chi connectivity index (χ2v) is 4.93. The fraction of sp³-hybridized carbons (Fsp3) is 0.294. The van der Waals surface area contributed by atoms with E-state index in [1.54, 1.807) is 26.4 Å². The predicted octanol–water partition coefficient (Wildman–Crippen LogP) is 3.36. The first-order valence-corrected chi connectivity index (χ1v) is 7.27. The van der Waals surface area contributed by atoms with Gasteiger partial charge in [0.15, 0.2) is 17.2 Å². The van der Waals surface area contributed by atoms with E-state index in [1.165, 1.54) is 6.07 Å². The molecule has 2 N–H and O–H groups in total. The zero-order valence-corrected chi connectivity index (χ0v) is 13.4. The smallest absolute Gasteiger partial charge is 0.354 e. The summed E-state index contributed by atoms with van der Waals surface area (Å²) in [5.41, 5.74) is 1.02. The molecule has 1 atom stereocenters. The van der Waals surface area contributed by atoms with Crippen LogP contribution in [0.1, 0.15) is 35.4 Å². The first kappa shape index (κ1) is 16.6. The van der Waals surface area contributed by atoms with Gasteiger partial charge in [-0.1, -0.05) is 19.1 Å². The normalized spacial score (nSPS) is 11.6. The highest BCUT2D eigenvalue weighted by molar-refractivity contribution is 5.85. The van der Waals surface area contributed by atoms with Crippen molar-refractivity contribution in [2.24, 2.45) is 0 Å². The van der Waals surface area contributed by atoms with E-state index in [1.807, 2.05) is 25.1 Å². The van der Waals surface area contributed by atoms with Gasteiger partial charge in [0.1, 0.15) is 5.82 Å². The summed E-state index contributed by atoms with van der Waals surface area (Å²) >= 11 is 0. The van der Waals surface area contributed by atoms with E-state index in [9.17, 15) is 4.79 Å². The molecule has 0 radical (unpaired) electrons. The molecule has 0 aliphatic rings. The van der Waals surface area contributed by atoms with Gasteiger partial charge >= 0.3 is 5.97 Å². The Kier molecular flexibility index (Phi) is 5.41. The molecule has 0 saturated carbocycles. The Morgan fingerprint density at radius 1 is 1.22 bits per heavy atom. The number of anilines is 1. The number of carboxylic acids is 1. The third kappa shape index (κ3) is 3.91. The molecular weight excluding hydrogens is 296 g/mol. The van der Waals surface area contributed by atoms with E-state index in [-0.39, 0.29) is 11.7 Å². The largest absolute Gasteiger partial charge is 0.493 e. The van der Waals surface area contributed by atoms with E-state index in [4.69, 9.17) is 14.6 Å². The number of aromatic carboxylic acids is 1. The van der Waals surface area contributed by atoms with E-state index in [0.717, 1.165) is 12.0 Å². The van der Waals surface area contributed by atoms with Crippen LogP contribution in [0, 0.1) is 0 Å². The molecule has 122 valence electrons. The van der Waals surface area contributed by atoms with Crippen molar-refractivity contribution in [3.63, 3.8) is 0 Å². The van der Waals surface area contributed by atoms with Crippen molar-refractivity contribution in [2.45, 2.75) is 19.4 Å². The van der Waals surface area contributed by atoms with Gasteiger partial charge in [0.25, 0.3) is 0 Å². The van der Waals surface area contributed by atoms with Crippen molar-refractivity contribution < 1.29 is 19.4 Å². The monoisotopic (exact) mass is 316 g/mol. The second kappa shape index (κ2) is 7.49. The molecule has 1 aromatic heterocycles. The Morgan fingerprint density at radius 2 is 1.96 bits per heavy atom. The standard InChI is InChI=1S/C17H20N2O4/c1-4-12(11-8-9-14(22-2)15(10-11)23-3)18-16-7-5-6-13(19-16)17(20)21/h5-10,12H,4H2,1-3H3,(H,18,19)(H,20,21). The lowest BCUT2D eigenvalue weighted by atomic mass is 10.0. The summed E-state index contributed by atoms with van der Waals surface area (Å²) in [6.07, 6.45) is 0.800. The molecular formula is C17H20N2O4. The number of ether oxygens (including phenoxy) is 2. The van der Waals surface area contributed by atoms with Crippen LogP contribution in [-0.2, 0) is 0 Å². The van der Waals surface area contributed by atoms with E-state index < -0.39 is 5.97 Å². The summed E-state index contributed by atoms with van der Waals surface area (Å²) in [4.78, 5) is 15.1. The average molecular weight is 316 g/mol. The zero-order valence-electron chi connectivity index (χ0n) is 13.4. The molecule has 6 heteroatoms. The maximum atomic E-state index is 11.0. The van der Waals surface area contributed by atoms with Crippen molar-refractivity contribution in [2.75, 3.05) is 19.5 Å². The number of hydrogen-bond acceptors (Lipinski definition) is 5. The lowest BCUT2D eigenvalue weighted by Gasteiger charge is -2.19. The van der Waals surface area contributed by atoms with Gasteiger partial charge < -0.3 is 19.9 Å². The Morgan fingerprint density at radius 3 is 2.57 bits per heavy atom. The van der Waals surface area contributed by atoms with Gasteiger partial charge in [-0.25, -0.2) is 9.78 Å². The fourth-order valence-electron chi connectivity index (χ4n) is 2.30. The van der Waals surface area contributed by atoms with Crippen molar-refractivity contribution in [3.05, 3.63) is 47.7 Å². The number of rotatable bonds is 7. The number of aromatic nitrogens is 1. The third-order valence-electron chi connectivity index (χ3n) is 3.51. The molecule has 23 heavy (non-hydrogen) atoms. The average Bonchev–Trinajstić information content (AvgIpc) is 2.59. The maximum Gasteiger partial charge on any atom is 0.354 e. The van der Waals surface area contributed by atoms with Crippen LogP contribution < -0.4 is 14.8 Å². The van der Waals surface area contributed by atoms with Crippen molar-refractivity contribution in [1.29, 1.82) is 0 Å². The number of carbonyl (C=O) groups is 1. The maximum absolute atomic E-state index is 11.0. The van der Waals surface area contributed by atoms with Gasteiger partial charge in [-0.2, -0.15) is 0 Å². The molecule has 0 bridgehead atoms. The lowest BCUT2D eigenvalue weighted by Crippen LogP contribution is -2.12. The Balaban J connectivity index is 2.26. The summed E-state index contributed by atoms with van der Waals surface area (Å²) in [5, 5.41) is 12.3. The SMILES string of the molecule is CCC(Nc1cccc(C(=O)O)n1)c1ccc(OC)c(OC)c1. The number of nitrogens with zero attached hydrogens (tertiary/aromatic N) is 1. The summed E-state index contributed by atoms with van der Waals surface area (Å²) in [7, 11) is 3.18. The fourth-order valence-corrected chi connectivity index (χ4v) is 2.30. The van der Waals surface area contributed by atoms with Gasteiger partial charge in [0, 0.05) is 0 Å². The number of benzene rings is 1. The van der Waals surface area contributed by atoms with Crippen LogP contribution in [-0.4, -0.2) is 30.3 Å². The molecule has 0 saturated heterocycles. The number of hydrogen-bond donors (Lipinski definition) is 2. The van der Waals surface area contributed by atoms with Crippen LogP contribution in [0.5, 0.6) is 11.5 Å². The summed E-state index contributed by atoms with van der Waals surface area (Å²) in [6, 6.07) is 10.6. The van der Waals surface area contributed by atoms with Crippen molar-refractivity contribution >= 4 is 11.8 Å². The van der Waals surface area contributed by atoms with Gasteiger partial charge in [-0.05, 0) is 36.2 Å². The van der Waals surface area contributed by atoms with E-state index >= 15 is 0 Å². The van der Waals surface area contributed by atoms with Crippen LogP contribution in [0.2, 0.25) is 0 Å². The number of methoxy groups -OCH3 is 2. The Bertz CT molecular complexity index is 688. The van der Waals surface area contributed by atoms with Crippen LogP contribution in [0.25, 0.3) is 0 Å². The minimum atomic E-state index is -1.05. The van der Waals surface area contributed by atoms with Gasteiger partial charge in [0.05, 0.1) is 20.3 Å². The Labute approximate surface area is 135 Å². The van der Waals surface area contributed by atoms with Crippen LogP contribution in [0.4, 0.5) is 5.82 Å². The molecule has 0 amide bonds. The second-order valence-electron chi connectivity index (χ2n) is 4.93. The molecule has 1 unspecified atom stereocenters. The molecule has 1 aromatic carbocycles. The molecule has 0 fully saturated rings. The summed E-state index contributed by atoms with van der Waals surface area (Å²) in [6.45, 7) is 2.04. The molecule has 0 aliphatic heterocycles.